The van der Waals surface area contributed by atoms with E-state index in [1.54, 1.807) is 0 Å². The fourth-order valence-corrected chi connectivity index (χ4v) is 2.20. The molecule has 1 aliphatic carbocycles. The van der Waals surface area contributed by atoms with Gasteiger partial charge in [0, 0.05) is 25.3 Å². The molecule has 3 heteroatoms. The maximum Gasteiger partial charge on any atom is 0.129 e. The van der Waals surface area contributed by atoms with Crippen LogP contribution in [0.1, 0.15) is 38.7 Å². The molecule has 1 aliphatic rings. The Morgan fingerprint density at radius 2 is 2.22 bits per heavy atom. The molecule has 1 aromatic heterocycles. The molecule has 18 heavy (non-hydrogen) atoms. The predicted octanol–water partition coefficient (Wildman–Crippen LogP) is 2.82. The number of nitrogens with zero attached hydrogens (tertiary/aromatic N) is 2. The Bertz CT molecular complexity index is 372. The monoisotopic (exact) mass is 247 g/mol. The largest absolute Gasteiger partial charge is 0.354 e. The van der Waals surface area contributed by atoms with Gasteiger partial charge in [-0.05, 0) is 49.9 Å². The summed E-state index contributed by atoms with van der Waals surface area (Å²) in [4.78, 5) is 7.06. The van der Waals surface area contributed by atoms with Gasteiger partial charge in [0.05, 0.1) is 0 Å². The average Bonchev–Trinajstić information content (AvgIpc) is 3.14. The number of hydrogen-bond donors (Lipinski definition) is 1. The molecule has 1 fully saturated rings. The average molecular weight is 247 g/mol. The van der Waals surface area contributed by atoms with Crippen molar-refractivity contribution in [3.05, 3.63) is 23.9 Å². The number of aromatic nitrogens is 1. The summed E-state index contributed by atoms with van der Waals surface area (Å²) in [5.74, 6) is 1.91. The van der Waals surface area contributed by atoms with E-state index in [-0.39, 0.29) is 0 Å². The number of pyridine rings is 1. The molecule has 0 unspecified atom stereocenters. The maximum atomic E-state index is 4.56. The van der Waals surface area contributed by atoms with Crippen LogP contribution in [0.5, 0.6) is 0 Å². The van der Waals surface area contributed by atoms with E-state index in [1.165, 1.54) is 24.8 Å². The van der Waals surface area contributed by atoms with Crippen molar-refractivity contribution in [2.24, 2.45) is 5.92 Å². The number of hydrogen-bond acceptors (Lipinski definition) is 3. The molecular weight excluding hydrogens is 222 g/mol. The Balaban J connectivity index is 2.06. The van der Waals surface area contributed by atoms with Gasteiger partial charge < -0.3 is 10.2 Å². The van der Waals surface area contributed by atoms with E-state index in [0.29, 0.717) is 0 Å². The Morgan fingerprint density at radius 1 is 1.44 bits per heavy atom. The lowest BCUT2D eigenvalue weighted by atomic mass is 10.1. The van der Waals surface area contributed by atoms with Crippen LogP contribution in [0.4, 0.5) is 5.82 Å². The molecule has 3 nitrogen and oxygen atoms in total. The van der Waals surface area contributed by atoms with Crippen LogP contribution in [-0.4, -0.2) is 24.6 Å². The highest BCUT2D eigenvalue weighted by atomic mass is 15.2. The minimum atomic E-state index is 0.737. The van der Waals surface area contributed by atoms with Gasteiger partial charge in [-0.2, -0.15) is 0 Å². The summed E-state index contributed by atoms with van der Waals surface area (Å²) in [5, 5.41) is 3.20. The molecule has 0 radical (unpaired) electrons. The second-order valence-electron chi connectivity index (χ2n) is 5.66. The molecular formula is C15H25N3. The van der Waals surface area contributed by atoms with Crippen LogP contribution >= 0.6 is 0 Å². The Labute approximate surface area is 111 Å². The normalized spacial score (nSPS) is 15.1. The van der Waals surface area contributed by atoms with Crippen LogP contribution in [-0.2, 0) is 6.54 Å². The first-order valence-corrected chi connectivity index (χ1v) is 7.07. The van der Waals surface area contributed by atoms with E-state index >= 15 is 0 Å². The van der Waals surface area contributed by atoms with Crippen molar-refractivity contribution in [1.29, 1.82) is 0 Å². The van der Waals surface area contributed by atoms with Gasteiger partial charge in [-0.25, -0.2) is 4.98 Å². The van der Waals surface area contributed by atoms with Crippen molar-refractivity contribution in [3.63, 3.8) is 0 Å². The standard InChI is InChI=1S/C15H25N3/c1-12(2)7-9-18(14-4-5-14)15-10-13(11-16-3)6-8-17-15/h6,8,10,12,14,16H,4-5,7,9,11H2,1-3H3. The van der Waals surface area contributed by atoms with Crippen LogP contribution in [0.25, 0.3) is 0 Å². The fraction of sp³-hybridized carbons (Fsp3) is 0.667. The predicted molar refractivity (Wildman–Crippen MR) is 76.8 cm³/mol. The van der Waals surface area contributed by atoms with E-state index in [0.717, 1.165) is 30.9 Å². The molecule has 0 saturated heterocycles. The Hall–Kier alpha value is -1.09. The van der Waals surface area contributed by atoms with Gasteiger partial charge in [0.1, 0.15) is 5.82 Å². The van der Waals surface area contributed by atoms with Crippen LogP contribution in [0.2, 0.25) is 0 Å². The second kappa shape index (κ2) is 6.19. The minimum Gasteiger partial charge on any atom is -0.354 e. The molecule has 2 rings (SSSR count). The third-order valence-corrected chi connectivity index (χ3v) is 3.42. The Kier molecular flexibility index (Phi) is 4.59. The van der Waals surface area contributed by atoms with E-state index in [9.17, 15) is 0 Å². The third-order valence-electron chi connectivity index (χ3n) is 3.42. The van der Waals surface area contributed by atoms with Gasteiger partial charge in [0.25, 0.3) is 0 Å². The quantitative estimate of drug-likeness (QED) is 0.803. The lowest BCUT2D eigenvalue weighted by molar-refractivity contribution is 0.568. The van der Waals surface area contributed by atoms with Gasteiger partial charge in [-0.3, -0.25) is 0 Å². The summed E-state index contributed by atoms with van der Waals surface area (Å²) in [6, 6.07) is 5.06. The van der Waals surface area contributed by atoms with Crippen LogP contribution < -0.4 is 10.2 Å². The molecule has 0 aromatic carbocycles. The highest BCUT2D eigenvalue weighted by molar-refractivity contribution is 5.43. The van der Waals surface area contributed by atoms with Crippen molar-refractivity contribution in [2.45, 2.75) is 45.7 Å². The molecule has 1 N–H and O–H groups in total. The minimum absolute atomic E-state index is 0.737. The van der Waals surface area contributed by atoms with E-state index < -0.39 is 0 Å². The summed E-state index contributed by atoms with van der Waals surface area (Å²) in [5.41, 5.74) is 1.32. The van der Waals surface area contributed by atoms with Gasteiger partial charge in [-0.15, -0.1) is 0 Å². The topological polar surface area (TPSA) is 28.2 Å². The van der Waals surface area contributed by atoms with Crippen LogP contribution in [0, 0.1) is 5.92 Å². The summed E-state index contributed by atoms with van der Waals surface area (Å²) < 4.78 is 0. The highest BCUT2D eigenvalue weighted by Crippen LogP contribution is 2.31. The van der Waals surface area contributed by atoms with Crippen LogP contribution in [0.15, 0.2) is 18.3 Å². The van der Waals surface area contributed by atoms with Crippen molar-refractivity contribution in [2.75, 3.05) is 18.5 Å². The van der Waals surface area contributed by atoms with Crippen molar-refractivity contribution >= 4 is 5.82 Å². The zero-order valence-electron chi connectivity index (χ0n) is 11.8. The van der Waals surface area contributed by atoms with Gasteiger partial charge in [0.2, 0.25) is 0 Å². The summed E-state index contributed by atoms with van der Waals surface area (Å²) in [6.07, 6.45) is 5.84. The number of anilines is 1. The lowest BCUT2D eigenvalue weighted by Gasteiger charge is -2.24. The Morgan fingerprint density at radius 3 is 2.83 bits per heavy atom. The highest BCUT2D eigenvalue weighted by Gasteiger charge is 2.29. The van der Waals surface area contributed by atoms with E-state index in [4.69, 9.17) is 0 Å². The first-order chi connectivity index (χ1) is 8.70. The molecule has 0 spiro atoms. The number of rotatable bonds is 7. The summed E-state index contributed by atoms with van der Waals surface area (Å²) in [7, 11) is 1.98. The fourth-order valence-electron chi connectivity index (χ4n) is 2.20. The molecule has 1 aromatic rings. The second-order valence-corrected chi connectivity index (χ2v) is 5.66. The maximum absolute atomic E-state index is 4.56. The zero-order chi connectivity index (χ0) is 13.0. The smallest absolute Gasteiger partial charge is 0.129 e. The molecule has 0 bridgehead atoms. The molecule has 0 amide bonds. The van der Waals surface area contributed by atoms with Crippen molar-refractivity contribution < 1.29 is 0 Å². The molecule has 1 saturated carbocycles. The summed E-state index contributed by atoms with van der Waals surface area (Å²) in [6.45, 7) is 6.63. The van der Waals surface area contributed by atoms with E-state index in [1.807, 2.05) is 13.2 Å². The van der Waals surface area contributed by atoms with E-state index in [2.05, 4.69) is 41.2 Å². The van der Waals surface area contributed by atoms with Crippen LogP contribution in [0.3, 0.4) is 0 Å². The van der Waals surface area contributed by atoms with Gasteiger partial charge in [-0.1, -0.05) is 13.8 Å². The van der Waals surface area contributed by atoms with Gasteiger partial charge in [0.15, 0.2) is 0 Å². The van der Waals surface area contributed by atoms with Gasteiger partial charge >= 0.3 is 0 Å². The zero-order valence-corrected chi connectivity index (χ0v) is 11.8. The molecule has 1 heterocycles. The summed E-state index contributed by atoms with van der Waals surface area (Å²) >= 11 is 0. The molecule has 0 aliphatic heterocycles. The lowest BCUT2D eigenvalue weighted by Crippen LogP contribution is -2.28. The third kappa shape index (κ3) is 3.70. The SMILES string of the molecule is CNCc1ccnc(N(CCC(C)C)C2CC2)c1. The number of nitrogens with one attached hydrogen (secondary N) is 1. The molecule has 0 atom stereocenters. The first-order valence-electron chi connectivity index (χ1n) is 7.07. The van der Waals surface area contributed by atoms with Crippen molar-refractivity contribution in [1.82, 2.24) is 10.3 Å². The first kappa shape index (κ1) is 13.3. The molecule has 100 valence electrons. The van der Waals surface area contributed by atoms with Crippen molar-refractivity contribution in [3.8, 4) is 0 Å².